The molecule has 5 unspecified atom stereocenters. The molecule has 2 rings (SSSR count). The van der Waals surface area contributed by atoms with Crippen LogP contribution in [0.2, 0.25) is 0 Å². The largest absolute Gasteiger partial charge is 1.00 e. The molecule has 1 N–H and O–H groups in total. The Morgan fingerprint density at radius 3 is 2.25 bits per heavy atom. The average molecular weight is 418 g/mol. The van der Waals surface area contributed by atoms with Crippen LogP contribution in [-0.4, -0.2) is 52.4 Å². The third-order valence-corrected chi connectivity index (χ3v) is 8.82. The molecule has 3 nitrogen and oxygen atoms in total. The summed E-state index contributed by atoms with van der Waals surface area (Å²) in [6.07, 6.45) is 7.67. The van der Waals surface area contributed by atoms with Gasteiger partial charge in [0.1, 0.15) is 11.4 Å². The maximum Gasteiger partial charge on any atom is 0.273 e. The Hall–Kier alpha value is -0.260. The zero-order chi connectivity index (χ0) is 17.4. The van der Waals surface area contributed by atoms with Crippen LogP contribution < -0.4 is 17.0 Å². The number of rotatable bonds is 7. The average Bonchev–Trinajstić information content (AvgIpc) is 2.79. The molecule has 2 aliphatic carbocycles. The van der Waals surface area contributed by atoms with Gasteiger partial charge in [0.25, 0.3) is 5.91 Å². The number of halogens is 1. The van der Waals surface area contributed by atoms with Gasteiger partial charge < -0.3 is 27.0 Å². The highest BCUT2D eigenvalue weighted by atomic mass is 79.9. The minimum absolute atomic E-state index is 0. The summed E-state index contributed by atoms with van der Waals surface area (Å²) in [5.74, 6) is 1.19. The highest BCUT2D eigenvalue weighted by Gasteiger charge is 2.70. The highest BCUT2D eigenvalue weighted by Crippen LogP contribution is 2.66. The predicted octanol–water partition coefficient (Wildman–Crippen LogP) is -0.375. The molecular weight excluding hydrogens is 386 g/mol. The fourth-order valence-electron chi connectivity index (χ4n) is 4.72. The topological polar surface area (TPSA) is 40.5 Å². The normalized spacial score (nSPS) is 34.3. The second kappa shape index (κ2) is 7.96. The fraction of sp³-hybridized carbons (Fsp3) is 0.737. The Bertz CT molecular complexity index is 486. The Labute approximate surface area is 160 Å². The Morgan fingerprint density at radius 2 is 1.83 bits per heavy atom. The van der Waals surface area contributed by atoms with E-state index in [0.717, 1.165) is 6.42 Å². The molecule has 1 amide bonds. The number of hydrogen-bond donors (Lipinski definition) is 1. The van der Waals surface area contributed by atoms with Gasteiger partial charge in [-0.1, -0.05) is 32.9 Å². The lowest BCUT2D eigenvalue weighted by Gasteiger charge is -2.36. The Balaban J connectivity index is 0.00000288. The lowest BCUT2D eigenvalue weighted by atomic mass is 9.70. The second-order valence-electron chi connectivity index (χ2n) is 7.91. The predicted molar refractivity (Wildman–Crippen MR) is 99.5 cm³/mol. The number of hydrogen-bond acceptors (Lipinski definition) is 2. The molecule has 0 radical (unpaired) electrons. The summed E-state index contributed by atoms with van der Waals surface area (Å²) < 4.78 is 0. The molecule has 0 aromatic rings. The number of fused-ring (bicyclic) bond motifs is 2. The summed E-state index contributed by atoms with van der Waals surface area (Å²) in [4.78, 5) is 14.4. The first kappa shape index (κ1) is 21.8. The highest BCUT2D eigenvalue weighted by molar-refractivity contribution is 7.97. The molecular formula is C19H32BrNO2S. The number of amides is 1. The molecule has 0 aromatic heterocycles. The van der Waals surface area contributed by atoms with Crippen molar-refractivity contribution in [2.45, 2.75) is 45.0 Å². The third-order valence-electron chi connectivity index (χ3n) is 6.60. The van der Waals surface area contributed by atoms with Crippen molar-refractivity contribution in [1.82, 2.24) is 4.90 Å². The summed E-state index contributed by atoms with van der Waals surface area (Å²) >= 11 is 0. The van der Waals surface area contributed by atoms with Crippen molar-refractivity contribution in [3.63, 3.8) is 0 Å². The van der Waals surface area contributed by atoms with Crippen LogP contribution in [0.5, 0.6) is 0 Å². The maximum atomic E-state index is 12.6. The molecule has 0 aliphatic heterocycles. The maximum absolute atomic E-state index is 12.6. The number of aliphatic hydroxyl groups is 1. The number of carbonyl (C=O) groups excluding carboxylic acids is 1. The molecule has 2 fully saturated rings. The van der Waals surface area contributed by atoms with Crippen LogP contribution in [0.15, 0.2) is 25.3 Å². The summed E-state index contributed by atoms with van der Waals surface area (Å²) in [6.45, 7) is 15.4. The van der Waals surface area contributed by atoms with Crippen molar-refractivity contribution in [1.29, 1.82) is 0 Å². The molecule has 0 saturated heterocycles. The van der Waals surface area contributed by atoms with E-state index >= 15 is 0 Å². The van der Waals surface area contributed by atoms with E-state index in [1.54, 1.807) is 17.1 Å². The van der Waals surface area contributed by atoms with Crippen LogP contribution >= 0.6 is 0 Å². The first-order valence-electron chi connectivity index (χ1n) is 8.49. The Morgan fingerprint density at radius 1 is 1.29 bits per heavy atom. The number of aliphatic hydroxyl groups excluding tert-OH is 1. The molecule has 0 heterocycles. The first-order valence-corrected chi connectivity index (χ1v) is 10.4. The summed E-state index contributed by atoms with van der Waals surface area (Å²) in [5.41, 5.74) is 0.151. The van der Waals surface area contributed by atoms with Gasteiger partial charge in [-0.25, -0.2) is 0 Å². The van der Waals surface area contributed by atoms with Crippen LogP contribution in [-0.2, 0) is 15.7 Å². The summed E-state index contributed by atoms with van der Waals surface area (Å²) in [7, 11) is -0.115. The first-order chi connectivity index (χ1) is 10.7. The van der Waals surface area contributed by atoms with Crippen LogP contribution in [0.25, 0.3) is 0 Å². The molecule has 138 valence electrons. The van der Waals surface area contributed by atoms with Gasteiger partial charge in [-0.2, -0.15) is 0 Å². The molecule has 2 saturated carbocycles. The molecule has 0 spiro atoms. The minimum Gasteiger partial charge on any atom is -1.00 e. The lowest BCUT2D eigenvalue weighted by molar-refractivity contribution is -0.127. The van der Waals surface area contributed by atoms with Gasteiger partial charge in [-0.05, 0) is 29.2 Å². The molecule has 2 bridgehead atoms. The van der Waals surface area contributed by atoms with Gasteiger partial charge in [-0.3, -0.25) is 4.79 Å². The van der Waals surface area contributed by atoms with E-state index in [1.807, 2.05) is 0 Å². The third kappa shape index (κ3) is 3.36. The molecule has 5 heteroatoms. The van der Waals surface area contributed by atoms with Gasteiger partial charge in [-0.15, -0.1) is 13.2 Å². The Kier molecular flexibility index (Phi) is 7.23. The zero-order valence-corrected chi connectivity index (χ0v) is 17.8. The molecule has 2 aliphatic rings. The van der Waals surface area contributed by atoms with Crippen molar-refractivity contribution in [2.24, 2.45) is 16.7 Å². The van der Waals surface area contributed by atoms with Crippen LogP contribution in [0, 0.1) is 16.7 Å². The van der Waals surface area contributed by atoms with Gasteiger partial charge in [0.15, 0.2) is 5.75 Å². The van der Waals surface area contributed by atoms with Crippen molar-refractivity contribution in [3.8, 4) is 0 Å². The van der Waals surface area contributed by atoms with E-state index in [1.165, 1.54) is 6.42 Å². The standard InChI is InChI=1S/C19H32NO2S.BrH/c1-7-11-20(12-8-2)15(21)13-23(6)16-14-9-10-19(5,17(16)22)18(14,3)4;/h7-8,14,16-17,22H,1-2,9-13H2,3-6H3;1H/q+1;/p-1. The number of nitrogens with zero attached hydrogens (tertiary/aromatic N) is 1. The van der Waals surface area contributed by atoms with Crippen molar-refractivity contribution in [2.75, 3.05) is 25.1 Å². The van der Waals surface area contributed by atoms with Crippen LogP contribution in [0.1, 0.15) is 33.6 Å². The summed E-state index contributed by atoms with van der Waals surface area (Å²) in [5, 5.41) is 11.2. The van der Waals surface area contributed by atoms with Crippen molar-refractivity contribution >= 4 is 16.8 Å². The monoisotopic (exact) mass is 417 g/mol. The second-order valence-corrected chi connectivity index (χ2v) is 10.1. The molecule has 5 atom stereocenters. The summed E-state index contributed by atoms with van der Waals surface area (Å²) in [6, 6.07) is 0. The van der Waals surface area contributed by atoms with Crippen LogP contribution in [0.3, 0.4) is 0 Å². The quantitative estimate of drug-likeness (QED) is 0.453. The lowest BCUT2D eigenvalue weighted by Crippen LogP contribution is -3.00. The van der Waals surface area contributed by atoms with Crippen LogP contribution in [0.4, 0.5) is 0 Å². The number of carbonyl (C=O) groups is 1. The van der Waals surface area contributed by atoms with Gasteiger partial charge in [0.05, 0.1) is 6.26 Å². The molecule has 24 heavy (non-hydrogen) atoms. The van der Waals surface area contributed by atoms with E-state index in [-0.39, 0.29) is 56.0 Å². The van der Waals surface area contributed by atoms with E-state index in [2.05, 4.69) is 40.2 Å². The SMILES string of the molecule is C=CCN(CC=C)C(=O)C[S+](C)C1C2CCC(C)(C1O)C2(C)C.[Br-]. The fourth-order valence-corrected chi connectivity index (χ4v) is 7.26. The van der Waals surface area contributed by atoms with E-state index in [4.69, 9.17) is 0 Å². The smallest absolute Gasteiger partial charge is 0.273 e. The minimum atomic E-state index is -0.287. The van der Waals surface area contributed by atoms with Crippen molar-refractivity contribution < 1.29 is 26.9 Å². The van der Waals surface area contributed by atoms with Gasteiger partial charge >= 0.3 is 0 Å². The van der Waals surface area contributed by atoms with E-state index in [9.17, 15) is 9.90 Å². The zero-order valence-electron chi connectivity index (χ0n) is 15.4. The van der Waals surface area contributed by atoms with E-state index in [0.29, 0.717) is 24.8 Å². The molecule has 0 aromatic carbocycles. The van der Waals surface area contributed by atoms with E-state index < -0.39 is 0 Å². The van der Waals surface area contributed by atoms with Crippen molar-refractivity contribution in [3.05, 3.63) is 25.3 Å². The van der Waals surface area contributed by atoms with Gasteiger partial charge in [0, 0.05) is 24.4 Å². The van der Waals surface area contributed by atoms with Gasteiger partial charge in [0.2, 0.25) is 0 Å².